The van der Waals surface area contributed by atoms with Crippen molar-refractivity contribution in [2.75, 3.05) is 13.2 Å². The molecule has 0 heterocycles. The van der Waals surface area contributed by atoms with Gasteiger partial charge in [0.25, 0.3) is 5.78 Å². The third-order valence-corrected chi connectivity index (χ3v) is 3.95. The average molecular weight is 435 g/mol. The van der Waals surface area contributed by atoms with Crippen LogP contribution in [0.15, 0.2) is 48.5 Å². The van der Waals surface area contributed by atoms with Gasteiger partial charge in [0.05, 0.1) is 13.0 Å². The van der Waals surface area contributed by atoms with Gasteiger partial charge >= 0.3 is 11.9 Å². The summed E-state index contributed by atoms with van der Waals surface area (Å²) in [5, 5.41) is 0.624. The molecule has 1 unspecified atom stereocenters. The molecule has 0 aromatic heterocycles. The summed E-state index contributed by atoms with van der Waals surface area (Å²) < 4.78 is 20.8. The molecule has 8 heteroatoms. The summed E-state index contributed by atoms with van der Waals surface area (Å²) in [5.41, 5.74) is 0. The van der Waals surface area contributed by atoms with Crippen LogP contribution in [0.2, 0.25) is 5.02 Å². The lowest BCUT2D eigenvalue weighted by molar-refractivity contribution is -0.159. The maximum Gasteiger partial charge on any atom is 0.378 e. The van der Waals surface area contributed by atoms with E-state index in [9.17, 15) is 14.4 Å². The Morgan fingerprint density at radius 3 is 2.07 bits per heavy atom. The molecule has 0 radical (unpaired) electrons. The lowest BCUT2D eigenvalue weighted by Gasteiger charge is -2.14. The number of benzene rings is 2. The summed E-state index contributed by atoms with van der Waals surface area (Å²) in [6.07, 6.45) is 0.0186. The third-order valence-electron chi connectivity index (χ3n) is 3.69. The Balaban J connectivity index is 1.75. The van der Waals surface area contributed by atoms with Gasteiger partial charge in [0.2, 0.25) is 0 Å². The van der Waals surface area contributed by atoms with E-state index in [0.29, 0.717) is 28.7 Å². The van der Waals surface area contributed by atoms with E-state index in [-0.39, 0.29) is 13.0 Å². The van der Waals surface area contributed by atoms with Crippen molar-refractivity contribution in [2.24, 2.45) is 0 Å². The zero-order valence-corrected chi connectivity index (χ0v) is 17.5. The van der Waals surface area contributed by atoms with Gasteiger partial charge in [-0.2, -0.15) is 0 Å². The fraction of sp³-hybridized carbons (Fsp3) is 0.318. The fourth-order valence-electron chi connectivity index (χ4n) is 2.27. The Bertz CT molecular complexity index is 847. The second-order valence-electron chi connectivity index (χ2n) is 6.38. The third kappa shape index (κ3) is 8.13. The number of carbonyl (C=O) groups excluding carboxylic acids is 3. The molecule has 30 heavy (non-hydrogen) atoms. The van der Waals surface area contributed by atoms with Crippen molar-refractivity contribution in [2.45, 2.75) is 32.8 Å². The highest BCUT2D eigenvalue weighted by molar-refractivity contribution is 6.34. The van der Waals surface area contributed by atoms with Crippen LogP contribution in [-0.2, 0) is 23.9 Å². The van der Waals surface area contributed by atoms with Crippen molar-refractivity contribution in [3.63, 3.8) is 0 Å². The van der Waals surface area contributed by atoms with E-state index in [2.05, 4.69) is 4.74 Å². The van der Waals surface area contributed by atoms with Crippen LogP contribution in [0.5, 0.6) is 17.2 Å². The maximum atomic E-state index is 11.8. The Morgan fingerprint density at radius 2 is 1.47 bits per heavy atom. The molecule has 7 nitrogen and oxygen atoms in total. The van der Waals surface area contributed by atoms with Crippen molar-refractivity contribution in [3.8, 4) is 17.2 Å². The molecule has 0 fully saturated rings. The van der Waals surface area contributed by atoms with Crippen molar-refractivity contribution in [1.29, 1.82) is 0 Å². The molecule has 0 aliphatic carbocycles. The quantitative estimate of drug-likeness (QED) is 0.383. The zero-order chi connectivity index (χ0) is 21.9. The molecule has 0 bridgehead atoms. The lowest BCUT2D eigenvalue weighted by atomic mass is 10.2. The van der Waals surface area contributed by atoms with Crippen LogP contribution in [-0.4, -0.2) is 37.0 Å². The molecule has 0 spiro atoms. The van der Waals surface area contributed by atoms with E-state index in [1.54, 1.807) is 62.4 Å². The highest BCUT2D eigenvalue weighted by Gasteiger charge is 2.19. The monoisotopic (exact) mass is 434 g/mol. The molecule has 160 valence electrons. The number of halogens is 1. The number of ketones is 1. The molecule has 0 aliphatic heterocycles. The normalized spacial score (nSPS) is 11.3. The van der Waals surface area contributed by atoms with Crippen molar-refractivity contribution >= 4 is 29.3 Å². The van der Waals surface area contributed by atoms with Gasteiger partial charge in [-0.25, -0.2) is 4.79 Å². The molecule has 1 atom stereocenters. The first-order chi connectivity index (χ1) is 14.4. The molecule has 2 aromatic rings. The van der Waals surface area contributed by atoms with E-state index >= 15 is 0 Å². The first-order valence-electron chi connectivity index (χ1n) is 9.43. The van der Waals surface area contributed by atoms with Gasteiger partial charge in [0, 0.05) is 5.02 Å². The summed E-state index contributed by atoms with van der Waals surface area (Å²) in [6.45, 7) is 2.99. The largest absolute Gasteiger partial charge is 0.490 e. The van der Waals surface area contributed by atoms with Crippen LogP contribution in [0.1, 0.15) is 26.7 Å². The summed E-state index contributed by atoms with van der Waals surface area (Å²) in [6, 6.07) is 13.9. The second-order valence-corrected chi connectivity index (χ2v) is 6.82. The predicted molar refractivity (Wildman–Crippen MR) is 110 cm³/mol. The fourth-order valence-corrected chi connectivity index (χ4v) is 2.40. The maximum absolute atomic E-state index is 11.8. The highest BCUT2D eigenvalue weighted by atomic mass is 35.5. The Hall–Kier alpha value is -3.06. The molecule has 0 amide bonds. The summed E-state index contributed by atoms with van der Waals surface area (Å²) in [5.74, 6) is -0.751. The van der Waals surface area contributed by atoms with Crippen molar-refractivity contribution < 1.29 is 33.3 Å². The Labute approximate surface area is 179 Å². The van der Waals surface area contributed by atoms with E-state index < -0.39 is 30.4 Å². The van der Waals surface area contributed by atoms with Crippen molar-refractivity contribution in [1.82, 2.24) is 0 Å². The molecule has 0 aliphatic rings. The minimum atomic E-state index is -1.00. The van der Waals surface area contributed by atoms with Crippen LogP contribution in [0.25, 0.3) is 0 Å². The van der Waals surface area contributed by atoms with Crippen LogP contribution in [0.3, 0.4) is 0 Å². The van der Waals surface area contributed by atoms with Gasteiger partial charge < -0.3 is 18.9 Å². The zero-order valence-electron chi connectivity index (χ0n) is 16.8. The van der Waals surface area contributed by atoms with Gasteiger partial charge in [-0.1, -0.05) is 18.5 Å². The smallest absolute Gasteiger partial charge is 0.378 e. The number of Topliss-reactive ketones (excluding diaryl/α,β-unsaturated/α-hetero) is 1. The number of hydrogen-bond acceptors (Lipinski definition) is 7. The van der Waals surface area contributed by atoms with E-state index in [0.717, 1.165) is 0 Å². The molecular weight excluding hydrogens is 412 g/mol. The summed E-state index contributed by atoms with van der Waals surface area (Å²) >= 11 is 5.84. The summed E-state index contributed by atoms with van der Waals surface area (Å²) in [7, 11) is 0. The van der Waals surface area contributed by atoms with Gasteiger partial charge in [-0.3, -0.25) is 9.59 Å². The number of rotatable bonds is 11. The van der Waals surface area contributed by atoms with Crippen LogP contribution >= 0.6 is 11.6 Å². The van der Waals surface area contributed by atoms with Crippen molar-refractivity contribution in [3.05, 3.63) is 53.6 Å². The van der Waals surface area contributed by atoms with Crippen LogP contribution < -0.4 is 9.47 Å². The molecule has 0 N–H and O–H groups in total. The lowest BCUT2D eigenvalue weighted by Crippen LogP contribution is -2.26. The first-order valence-corrected chi connectivity index (χ1v) is 9.81. The molecule has 2 aromatic carbocycles. The van der Waals surface area contributed by atoms with Gasteiger partial charge in [0.1, 0.15) is 23.4 Å². The standard InChI is InChI=1S/C22H23ClO7/c1-3-12-27-22(26)20(24)14-28-21(25)13-15(2)29-17-8-10-19(11-9-17)30-18-6-4-16(23)5-7-18/h4-11,15H,3,12-14H2,1-2H3. The number of esters is 2. The molecule has 0 saturated heterocycles. The number of ether oxygens (including phenoxy) is 4. The second kappa shape index (κ2) is 11.8. The minimum absolute atomic E-state index is 0.0830. The number of carbonyl (C=O) groups is 3. The summed E-state index contributed by atoms with van der Waals surface area (Å²) in [4.78, 5) is 34.7. The SMILES string of the molecule is CCCOC(=O)C(=O)COC(=O)CC(C)Oc1ccc(Oc2ccc(Cl)cc2)cc1. The predicted octanol–water partition coefficient (Wildman–Crippen LogP) is 4.36. The molecular formula is C22H23ClO7. The average Bonchev–Trinajstić information content (AvgIpc) is 2.73. The topological polar surface area (TPSA) is 88.1 Å². The first kappa shape index (κ1) is 23.2. The van der Waals surface area contributed by atoms with Crippen LogP contribution in [0.4, 0.5) is 0 Å². The Morgan fingerprint density at radius 1 is 0.900 bits per heavy atom. The van der Waals surface area contributed by atoms with Gasteiger partial charge in [-0.05, 0) is 61.9 Å². The van der Waals surface area contributed by atoms with Gasteiger partial charge in [0.15, 0.2) is 6.61 Å². The Kier molecular flexibility index (Phi) is 9.15. The highest BCUT2D eigenvalue weighted by Crippen LogP contribution is 2.25. The minimum Gasteiger partial charge on any atom is -0.490 e. The van der Waals surface area contributed by atoms with E-state index in [1.165, 1.54) is 0 Å². The van der Waals surface area contributed by atoms with Crippen LogP contribution in [0, 0.1) is 0 Å². The van der Waals surface area contributed by atoms with Gasteiger partial charge in [-0.15, -0.1) is 0 Å². The van der Waals surface area contributed by atoms with E-state index in [4.69, 9.17) is 25.8 Å². The van der Waals surface area contributed by atoms with E-state index in [1.807, 2.05) is 0 Å². The molecule has 2 rings (SSSR count). The number of hydrogen-bond donors (Lipinski definition) is 0. The molecule has 0 saturated carbocycles.